The van der Waals surface area contributed by atoms with Gasteiger partial charge in [0.05, 0.1) is 19.3 Å². The van der Waals surface area contributed by atoms with Crippen LogP contribution in [0.15, 0.2) is 0 Å². The monoisotopic (exact) mass is 217 g/mol. The maximum Gasteiger partial charge on any atom is 0.0704 e. The minimum absolute atomic E-state index is 0.345. The van der Waals surface area contributed by atoms with E-state index < -0.39 is 0 Å². The van der Waals surface area contributed by atoms with Crippen molar-refractivity contribution in [3.05, 3.63) is 0 Å². The molecule has 2 unspecified atom stereocenters. The third kappa shape index (κ3) is 6.10. The number of nitrogens with two attached hydrogens (primary N) is 1. The molecule has 4 nitrogen and oxygen atoms in total. The first kappa shape index (κ1) is 12.9. The van der Waals surface area contributed by atoms with Crippen molar-refractivity contribution in [1.82, 2.24) is 0 Å². The minimum Gasteiger partial charge on any atom is -0.385 e. The van der Waals surface area contributed by atoms with Gasteiger partial charge in [-0.05, 0) is 25.7 Å². The molecule has 1 fully saturated rings. The van der Waals surface area contributed by atoms with E-state index in [1.807, 2.05) is 0 Å². The highest BCUT2D eigenvalue weighted by atomic mass is 16.5. The highest BCUT2D eigenvalue weighted by molar-refractivity contribution is 4.77. The minimum atomic E-state index is 0.345. The van der Waals surface area contributed by atoms with Crippen molar-refractivity contribution in [2.45, 2.75) is 37.8 Å². The number of hydrogen-bond donors (Lipinski definition) is 1. The fourth-order valence-corrected chi connectivity index (χ4v) is 1.81. The lowest BCUT2D eigenvalue weighted by atomic mass is 10.3. The van der Waals surface area contributed by atoms with Gasteiger partial charge in [-0.25, -0.2) is 0 Å². The first-order chi connectivity index (χ1) is 7.33. The molecule has 1 aliphatic rings. The van der Waals surface area contributed by atoms with Gasteiger partial charge in [-0.1, -0.05) is 0 Å². The van der Waals surface area contributed by atoms with Crippen molar-refractivity contribution < 1.29 is 14.2 Å². The van der Waals surface area contributed by atoms with Crippen molar-refractivity contribution in [3.8, 4) is 0 Å². The molecule has 1 aliphatic carbocycles. The van der Waals surface area contributed by atoms with Gasteiger partial charge >= 0.3 is 0 Å². The molecule has 15 heavy (non-hydrogen) atoms. The van der Waals surface area contributed by atoms with Crippen LogP contribution in [0.5, 0.6) is 0 Å². The predicted octanol–water partition coefficient (Wildman–Crippen LogP) is 0.936. The van der Waals surface area contributed by atoms with E-state index >= 15 is 0 Å². The summed E-state index contributed by atoms with van der Waals surface area (Å²) < 4.78 is 15.9. The van der Waals surface area contributed by atoms with E-state index in [1.54, 1.807) is 7.11 Å². The van der Waals surface area contributed by atoms with Crippen molar-refractivity contribution >= 4 is 0 Å². The van der Waals surface area contributed by atoms with Crippen LogP contribution in [0.2, 0.25) is 0 Å². The lowest BCUT2D eigenvalue weighted by Crippen LogP contribution is -2.19. The fourth-order valence-electron chi connectivity index (χ4n) is 1.81. The highest BCUT2D eigenvalue weighted by Crippen LogP contribution is 2.19. The van der Waals surface area contributed by atoms with Crippen molar-refractivity contribution in [3.63, 3.8) is 0 Å². The number of methoxy groups -OCH3 is 1. The third-order valence-corrected chi connectivity index (χ3v) is 2.64. The second kappa shape index (κ2) is 8.05. The molecule has 0 aromatic carbocycles. The summed E-state index contributed by atoms with van der Waals surface area (Å²) in [6.45, 7) is 2.87. The first-order valence-corrected chi connectivity index (χ1v) is 5.76. The van der Waals surface area contributed by atoms with Gasteiger partial charge in [0, 0.05) is 26.4 Å². The molecule has 2 atom stereocenters. The van der Waals surface area contributed by atoms with Gasteiger partial charge in [0.15, 0.2) is 0 Å². The van der Waals surface area contributed by atoms with Crippen LogP contribution in [-0.4, -0.2) is 45.7 Å². The SMILES string of the molecule is COCCCOCCOC1CCC(N)C1. The molecule has 4 heteroatoms. The van der Waals surface area contributed by atoms with Gasteiger partial charge in [-0.15, -0.1) is 0 Å². The van der Waals surface area contributed by atoms with Crippen molar-refractivity contribution in [2.24, 2.45) is 5.73 Å². The summed E-state index contributed by atoms with van der Waals surface area (Å²) in [5.74, 6) is 0. The van der Waals surface area contributed by atoms with Gasteiger partial charge in [0.25, 0.3) is 0 Å². The molecule has 1 rings (SSSR count). The lowest BCUT2D eigenvalue weighted by Gasteiger charge is -2.11. The predicted molar refractivity (Wildman–Crippen MR) is 58.9 cm³/mol. The summed E-state index contributed by atoms with van der Waals surface area (Å²) in [4.78, 5) is 0. The van der Waals surface area contributed by atoms with Crippen LogP contribution in [0.4, 0.5) is 0 Å². The van der Waals surface area contributed by atoms with E-state index in [1.165, 1.54) is 0 Å². The molecule has 1 saturated carbocycles. The molecule has 0 bridgehead atoms. The average Bonchev–Trinajstić information content (AvgIpc) is 2.63. The molecule has 90 valence electrons. The quantitative estimate of drug-likeness (QED) is 0.615. The summed E-state index contributed by atoms with van der Waals surface area (Å²) in [5.41, 5.74) is 5.79. The topological polar surface area (TPSA) is 53.7 Å². The largest absolute Gasteiger partial charge is 0.385 e. The molecule has 0 aliphatic heterocycles. The molecule has 0 heterocycles. The van der Waals surface area contributed by atoms with E-state index in [9.17, 15) is 0 Å². The number of hydrogen-bond acceptors (Lipinski definition) is 4. The average molecular weight is 217 g/mol. The second-order valence-corrected chi connectivity index (χ2v) is 4.02. The molecule has 0 aromatic heterocycles. The Hall–Kier alpha value is -0.160. The summed E-state index contributed by atoms with van der Waals surface area (Å²) in [6.07, 6.45) is 4.51. The molecule has 0 amide bonds. The van der Waals surface area contributed by atoms with Gasteiger partial charge < -0.3 is 19.9 Å². The maximum atomic E-state index is 5.79. The van der Waals surface area contributed by atoms with E-state index in [-0.39, 0.29) is 0 Å². The Bertz CT molecular complexity index is 155. The molecular weight excluding hydrogens is 194 g/mol. The van der Waals surface area contributed by atoms with Gasteiger partial charge in [0.2, 0.25) is 0 Å². The van der Waals surface area contributed by atoms with Crippen molar-refractivity contribution in [1.29, 1.82) is 0 Å². The van der Waals surface area contributed by atoms with E-state index in [2.05, 4.69) is 0 Å². The van der Waals surface area contributed by atoms with Gasteiger partial charge in [0.1, 0.15) is 0 Å². The van der Waals surface area contributed by atoms with E-state index in [0.717, 1.165) is 38.9 Å². The molecule has 0 spiro atoms. The Labute approximate surface area is 92.1 Å². The molecule has 2 N–H and O–H groups in total. The maximum absolute atomic E-state index is 5.79. The van der Waals surface area contributed by atoms with E-state index in [0.29, 0.717) is 25.4 Å². The van der Waals surface area contributed by atoms with Crippen molar-refractivity contribution in [2.75, 3.05) is 33.5 Å². The zero-order valence-electron chi connectivity index (χ0n) is 9.61. The molecule has 0 aromatic rings. The third-order valence-electron chi connectivity index (χ3n) is 2.64. The Morgan fingerprint density at radius 1 is 1.13 bits per heavy atom. The number of ether oxygens (including phenoxy) is 3. The fraction of sp³-hybridized carbons (Fsp3) is 1.00. The Kier molecular flexibility index (Phi) is 6.92. The molecule has 0 radical (unpaired) electrons. The zero-order chi connectivity index (χ0) is 10.9. The van der Waals surface area contributed by atoms with Crippen LogP contribution in [0, 0.1) is 0 Å². The van der Waals surface area contributed by atoms with Crippen LogP contribution in [0.25, 0.3) is 0 Å². The Morgan fingerprint density at radius 2 is 2.00 bits per heavy atom. The van der Waals surface area contributed by atoms with E-state index in [4.69, 9.17) is 19.9 Å². The lowest BCUT2D eigenvalue weighted by molar-refractivity contribution is 0.00390. The second-order valence-electron chi connectivity index (χ2n) is 4.02. The van der Waals surface area contributed by atoms with Crippen LogP contribution in [0.1, 0.15) is 25.7 Å². The summed E-state index contributed by atoms with van der Waals surface area (Å²) >= 11 is 0. The zero-order valence-corrected chi connectivity index (χ0v) is 9.61. The van der Waals surface area contributed by atoms with Crippen LogP contribution < -0.4 is 5.73 Å². The standard InChI is InChI=1S/C11H23NO3/c1-13-5-2-6-14-7-8-15-11-4-3-10(12)9-11/h10-11H,2-9,12H2,1H3. The Morgan fingerprint density at radius 3 is 2.67 bits per heavy atom. The molecule has 0 saturated heterocycles. The summed E-state index contributed by atoms with van der Waals surface area (Å²) in [6, 6.07) is 0.345. The summed E-state index contributed by atoms with van der Waals surface area (Å²) in [5, 5.41) is 0. The highest BCUT2D eigenvalue weighted by Gasteiger charge is 2.21. The number of rotatable bonds is 8. The van der Waals surface area contributed by atoms with Crippen LogP contribution in [0.3, 0.4) is 0 Å². The normalized spacial score (nSPS) is 26.0. The smallest absolute Gasteiger partial charge is 0.0704 e. The first-order valence-electron chi connectivity index (χ1n) is 5.76. The van der Waals surface area contributed by atoms with Gasteiger partial charge in [-0.3, -0.25) is 0 Å². The van der Waals surface area contributed by atoms with Gasteiger partial charge in [-0.2, -0.15) is 0 Å². The van der Waals surface area contributed by atoms with Crippen LogP contribution >= 0.6 is 0 Å². The summed E-state index contributed by atoms with van der Waals surface area (Å²) in [7, 11) is 1.70. The Balaban J connectivity index is 1.81. The molecular formula is C11H23NO3. The van der Waals surface area contributed by atoms with Crippen LogP contribution in [-0.2, 0) is 14.2 Å².